The molecule has 1 unspecified atom stereocenters. The summed E-state index contributed by atoms with van der Waals surface area (Å²) in [5, 5.41) is 14.5. The van der Waals surface area contributed by atoms with E-state index in [-0.39, 0.29) is 11.8 Å². The molecule has 2 aromatic rings. The molecular weight excluding hydrogens is 374 g/mol. The molecule has 150 valence electrons. The fourth-order valence-electron chi connectivity index (χ4n) is 3.39. The molecule has 1 atom stereocenters. The molecule has 3 rings (SSSR count). The molecule has 1 fully saturated rings. The lowest BCUT2D eigenvalue weighted by atomic mass is 10.0. The number of likely N-dealkylation sites (tertiary alicyclic amines) is 1. The van der Waals surface area contributed by atoms with E-state index in [0.717, 1.165) is 24.5 Å². The number of aromatic nitrogens is 2. The Morgan fingerprint density at radius 3 is 2.86 bits per heavy atom. The zero-order valence-electron chi connectivity index (χ0n) is 16.4. The van der Waals surface area contributed by atoms with Crippen molar-refractivity contribution in [3.8, 4) is 0 Å². The molecule has 8 heteroatoms. The average molecular weight is 402 g/mol. The summed E-state index contributed by atoms with van der Waals surface area (Å²) in [4.78, 5) is 27.1. The van der Waals surface area contributed by atoms with Gasteiger partial charge in [0.2, 0.25) is 5.01 Å². The van der Waals surface area contributed by atoms with E-state index in [0.29, 0.717) is 28.8 Å². The number of hydrogen-bond acceptors (Lipinski definition) is 6. The molecule has 1 aromatic heterocycles. The number of carbonyl (C=O) groups excluding carboxylic acids is 2. The second kappa shape index (κ2) is 9.75. The first-order valence-electron chi connectivity index (χ1n) is 9.76. The molecule has 0 bridgehead atoms. The first-order valence-corrected chi connectivity index (χ1v) is 10.6. The van der Waals surface area contributed by atoms with Crippen molar-refractivity contribution in [3.05, 3.63) is 39.8 Å². The Morgan fingerprint density at radius 1 is 1.25 bits per heavy atom. The van der Waals surface area contributed by atoms with Crippen LogP contribution in [0.1, 0.15) is 57.8 Å². The van der Waals surface area contributed by atoms with Crippen LogP contribution in [0.15, 0.2) is 24.3 Å². The summed E-state index contributed by atoms with van der Waals surface area (Å²) in [6.07, 6.45) is 4.79. The van der Waals surface area contributed by atoms with Gasteiger partial charge in [0.1, 0.15) is 5.01 Å². The zero-order valence-corrected chi connectivity index (χ0v) is 17.2. The predicted octanol–water partition coefficient (Wildman–Crippen LogP) is 3.09. The summed E-state index contributed by atoms with van der Waals surface area (Å²) in [6, 6.07) is 7.56. The lowest BCUT2D eigenvalue weighted by molar-refractivity contribution is 0.0947. The van der Waals surface area contributed by atoms with Gasteiger partial charge in [-0.05, 0) is 57.9 Å². The maximum absolute atomic E-state index is 12.4. The monoisotopic (exact) mass is 401 g/mol. The molecule has 0 radical (unpaired) electrons. The molecule has 1 aliphatic heterocycles. The minimum absolute atomic E-state index is 0.130. The third kappa shape index (κ3) is 5.59. The molecule has 1 aliphatic rings. The van der Waals surface area contributed by atoms with Crippen molar-refractivity contribution in [3.63, 3.8) is 0 Å². The SMILES string of the molecule is Cc1nnc(C(=O)Nc2cccc(C(=O)NCCCN3CCCCC3C)c2)s1. The number of hydrogen-bond donors (Lipinski definition) is 2. The largest absolute Gasteiger partial charge is 0.352 e. The quantitative estimate of drug-likeness (QED) is 0.696. The highest BCUT2D eigenvalue weighted by atomic mass is 32.1. The lowest BCUT2D eigenvalue weighted by Crippen LogP contribution is -2.39. The van der Waals surface area contributed by atoms with Crippen molar-refractivity contribution < 1.29 is 9.59 Å². The van der Waals surface area contributed by atoms with Crippen LogP contribution in [-0.4, -0.2) is 52.6 Å². The number of carbonyl (C=O) groups is 2. The van der Waals surface area contributed by atoms with Gasteiger partial charge in [-0.3, -0.25) is 9.59 Å². The molecule has 28 heavy (non-hydrogen) atoms. The molecule has 1 saturated heterocycles. The Hall–Kier alpha value is -2.32. The van der Waals surface area contributed by atoms with E-state index in [4.69, 9.17) is 0 Å². The summed E-state index contributed by atoms with van der Waals surface area (Å²) in [5.74, 6) is -0.451. The second-order valence-electron chi connectivity index (χ2n) is 7.15. The van der Waals surface area contributed by atoms with Gasteiger partial charge in [0.05, 0.1) is 0 Å². The van der Waals surface area contributed by atoms with Gasteiger partial charge in [-0.25, -0.2) is 0 Å². The lowest BCUT2D eigenvalue weighted by Gasteiger charge is -2.33. The fraction of sp³-hybridized carbons (Fsp3) is 0.500. The van der Waals surface area contributed by atoms with Crippen LogP contribution < -0.4 is 10.6 Å². The van der Waals surface area contributed by atoms with Crippen LogP contribution in [0.5, 0.6) is 0 Å². The Labute approximate surface area is 169 Å². The summed E-state index contributed by atoms with van der Waals surface area (Å²) in [5.41, 5.74) is 1.09. The maximum Gasteiger partial charge on any atom is 0.286 e. The van der Waals surface area contributed by atoms with Gasteiger partial charge in [0, 0.05) is 30.4 Å². The minimum atomic E-state index is -0.321. The van der Waals surface area contributed by atoms with Gasteiger partial charge in [0.25, 0.3) is 11.8 Å². The van der Waals surface area contributed by atoms with E-state index in [9.17, 15) is 9.59 Å². The normalized spacial score (nSPS) is 17.3. The van der Waals surface area contributed by atoms with Gasteiger partial charge in [-0.15, -0.1) is 10.2 Å². The van der Waals surface area contributed by atoms with Crippen LogP contribution in [0.2, 0.25) is 0 Å². The summed E-state index contributed by atoms with van der Waals surface area (Å²) in [6.45, 7) is 6.89. The highest BCUT2D eigenvalue weighted by molar-refractivity contribution is 7.13. The van der Waals surface area contributed by atoms with Gasteiger partial charge in [0.15, 0.2) is 0 Å². The molecule has 0 saturated carbocycles. The van der Waals surface area contributed by atoms with Crippen LogP contribution in [0.3, 0.4) is 0 Å². The summed E-state index contributed by atoms with van der Waals surface area (Å²) in [7, 11) is 0. The number of rotatable bonds is 7. The minimum Gasteiger partial charge on any atom is -0.352 e. The van der Waals surface area contributed by atoms with Crippen molar-refractivity contribution >= 4 is 28.8 Å². The van der Waals surface area contributed by atoms with E-state index in [2.05, 4.69) is 32.7 Å². The zero-order chi connectivity index (χ0) is 19.9. The van der Waals surface area contributed by atoms with Crippen molar-refractivity contribution in [1.82, 2.24) is 20.4 Å². The number of nitrogens with one attached hydrogen (secondary N) is 2. The van der Waals surface area contributed by atoms with Crippen molar-refractivity contribution in [2.75, 3.05) is 25.0 Å². The highest BCUT2D eigenvalue weighted by Crippen LogP contribution is 2.16. The summed E-state index contributed by atoms with van der Waals surface area (Å²) >= 11 is 1.23. The van der Waals surface area contributed by atoms with Gasteiger partial charge < -0.3 is 15.5 Å². The van der Waals surface area contributed by atoms with E-state index in [1.807, 2.05) is 0 Å². The van der Waals surface area contributed by atoms with Crippen LogP contribution in [0, 0.1) is 6.92 Å². The number of piperidine rings is 1. The molecule has 0 spiro atoms. The number of nitrogens with zero attached hydrogens (tertiary/aromatic N) is 3. The Morgan fingerprint density at radius 2 is 2.11 bits per heavy atom. The molecule has 1 aromatic carbocycles. The molecule has 7 nitrogen and oxygen atoms in total. The number of anilines is 1. The highest BCUT2D eigenvalue weighted by Gasteiger charge is 2.17. The average Bonchev–Trinajstić information content (AvgIpc) is 3.13. The third-order valence-corrected chi connectivity index (χ3v) is 5.79. The number of benzene rings is 1. The number of amides is 2. The van der Waals surface area contributed by atoms with Gasteiger partial charge >= 0.3 is 0 Å². The van der Waals surface area contributed by atoms with Gasteiger partial charge in [-0.2, -0.15) is 0 Å². The second-order valence-corrected chi connectivity index (χ2v) is 8.33. The van der Waals surface area contributed by atoms with E-state index < -0.39 is 0 Å². The molecular formula is C20H27N5O2S. The van der Waals surface area contributed by atoms with Crippen molar-refractivity contribution in [1.29, 1.82) is 0 Å². The van der Waals surface area contributed by atoms with Crippen molar-refractivity contribution in [2.24, 2.45) is 0 Å². The fourth-order valence-corrected chi connectivity index (χ4v) is 3.97. The first-order chi connectivity index (χ1) is 13.5. The smallest absolute Gasteiger partial charge is 0.286 e. The topological polar surface area (TPSA) is 87.2 Å². The van der Waals surface area contributed by atoms with E-state index in [1.54, 1.807) is 31.2 Å². The first kappa shape index (κ1) is 20.4. The van der Waals surface area contributed by atoms with Crippen LogP contribution in [0.25, 0.3) is 0 Å². The Balaban J connectivity index is 1.47. The number of aryl methyl sites for hydroxylation is 1. The molecule has 0 aliphatic carbocycles. The van der Waals surface area contributed by atoms with E-state index >= 15 is 0 Å². The molecule has 2 heterocycles. The standard InChI is InChI=1S/C20H27N5O2S/c1-14-7-3-4-11-25(14)12-6-10-21-18(26)16-8-5-9-17(13-16)22-19(27)20-24-23-15(2)28-20/h5,8-9,13-14H,3-4,6-7,10-12H2,1-2H3,(H,21,26)(H,22,27). The van der Waals surface area contributed by atoms with Gasteiger partial charge in [-0.1, -0.05) is 23.8 Å². The third-order valence-electron chi connectivity index (χ3n) is 4.95. The van der Waals surface area contributed by atoms with Crippen LogP contribution in [0.4, 0.5) is 5.69 Å². The predicted molar refractivity (Wildman–Crippen MR) is 111 cm³/mol. The van der Waals surface area contributed by atoms with Crippen LogP contribution in [-0.2, 0) is 0 Å². The maximum atomic E-state index is 12.4. The summed E-state index contributed by atoms with van der Waals surface area (Å²) < 4.78 is 0. The van der Waals surface area contributed by atoms with E-state index in [1.165, 1.54) is 30.6 Å². The van der Waals surface area contributed by atoms with Crippen LogP contribution >= 0.6 is 11.3 Å². The Kier molecular flexibility index (Phi) is 7.11. The molecule has 2 amide bonds. The molecule has 2 N–H and O–H groups in total. The van der Waals surface area contributed by atoms with Crippen molar-refractivity contribution in [2.45, 2.75) is 45.6 Å². The Bertz CT molecular complexity index is 822.